The van der Waals surface area contributed by atoms with Crippen LogP contribution in [-0.4, -0.2) is 67.0 Å². The maximum Gasteiger partial charge on any atom is 0.255 e. The number of likely N-dealkylation sites (tertiary alicyclic amines) is 1. The third-order valence-electron chi connectivity index (χ3n) is 4.53. The molecule has 2 amide bonds. The number of carbonyl (C=O) groups is 2. The number of rotatable bonds is 3. The van der Waals surface area contributed by atoms with Crippen molar-refractivity contribution in [1.29, 1.82) is 0 Å². The van der Waals surface area contributed by atoms with E-state index in [2.05, 4.69) is 0 Å². The van der Waals surface area contributed by atoms with E-state index >= 15 is 0 Å². The molecule has 2 fully saturated rings. The fourth-order valence-corrected chi connectivity index (χ4v) is 4.47. The van der Waals surface area contributed by atoms with Crippen LogP contribution in [0.5, 0.6) is 0 Å². The summed E-state index contributed by atoms with van der Waals surface area (Å²) in [6, 6.07) is 0. The highest BCUT2D eigenvalue weighted by Crippen LogP contribution is 2.32. The normalized spacial score (nSPS) is 27.8. The van der Waals surface area contributed by atoms with Gasteiger partial charge in [-0.1, -0.05) is 0 Å². The van der Waals surface area contributed by atoms with Gasteiger partial charge in [-0.25, -0.2) is 12.7 Å². The zero-order chi connectivity index (χ0) is 16.5. The second-order valence-electron chi connectivity index (χ2n) is 6.46. The average molecular weight is 332 g/mol. The molecule has 0 aromatic carbocycles. The first-order chi connectivity index (χ1) is 10.2. The van der Waals surface area contributed by atoms with Crippen molar-refractivity contribution < 1.29 is 22.7 Å². The maximum absolute atomic E-state index is 12.4. The van der Waals surface area contributed by atoms with Gasteiger partial charge in [0, 0.05) is 20.2 Å². The fourth-order valence-electron chi connectivity index (χ4n) is 2.86. The second-order valence-corrected chi connectivity index (χ2v) is 8.96. The number of amides is 2. The van der Waals surface area contributed by atoms with Crippen LogP contribution in [0, 0.1) is 0 Å². The Morgan fingerprint density at radius 3 is 2.55 bits per heavy atom. The number of nitrogens with zero attached hydrogens (tertiary/aromatic N) is 2. The molecular weight excluding hydrogens is 308 g/mol. The molecule has 22 heavy (non-hydrogen) atoms. The lowest BCUT2D eigenvalue weighted by atomic mass is 10.1. The van der Waals surface area contributed by atoms with Crippen molar-refractivity contribution in [3.05, 3.63) is 0 Å². The van der Waals surface area contributed by atoms with Crippen LogP contribution in [0.4, 0.5) is 0 Å². The Morgan fingerprint density at radius 1 is 1.32 bits per heavy atom. The van der Waals surface area contributed by atoms with E-state index in [4.69, 9.17) is 4.74 Å². The van der Waals surface area contributed by atoms with Gasteiger partial charge in [0.2, 0.25) is 10.0 Å². The molecule has 1 unspecified atom stereocenters. The molecule has 7 nitrogen and oxygen atoms in total. The average Bonchev–Trinajstić information content (AvgIpc) is 2.57. The molecule has 126 valence electrons. The smallest absolute Gasteiger partial charge is 0.255 e. The van der Waals surface area contributed by atoms with Crippen molar-refractivity contribution in [1.82, 2.24) is 9.21 Å². The SMILES string of the molecule is COC1CCCCN(CC(=O)N2CCC(C)(C)S2(=O)=O)C1=O. The lowest BCUT2D eigenvalue weighted by Gasteiger charge is -2.26. The standard InChI is InChI=1S/C14H24N2O5S/c1-14(2)7-9-16(22(14,19)20)12(17)10-15-8-5-4-6-11(21-3)13(15)18/h11H,4-10H2,1-3H3. The topological polar surface area (TPSA) is 84.0 Å². The van der Waals surface area contributed by atoms with Crippen LogP contribution in [0.1, 0.15) is 39.5 Å². The quantitative estimate of drug-likeness (QED) is 0.745. The van der Waals surface area contributed by atoms with Gasteiger partial charge in [0.15, 0.2) is 0 Å². The van der Waals surface area contributed by atoms with Crippen LogP contribution in [0.2, 0.25) is 0 Å². The number of hydrogen-bond donors (Lipinski definition) is 0. The number of sulfonamides is 1. The molecule has 8 heteroatoms. The van der Waals surface area contributed by atoms with Crippen molar-refractivity contribution >= 4 is 21.8 Å². The van der Waals surface area contributed by atoms with Gasteiger partial charge in [-0.2, -0.15) is 0 Å². The predicted octanol–water partition coefficient (Wildman–Crippen LogP) is 0.355. The van der Waals surface area contributed by atoms with Gasteiger partial charge in [-0.3, -0.25) is 9.59 Å². The number of carbonyl (C=O) groups excluding carboxylic acids is 2. The molecule has 2 aliphatic heterocycles. The molecule has 0 saturated carbocycles. The first-order valence-corrected chi connectivity index (χ1v) is 9.01. The monoisotopic (exact) mass is 332 g/mol. The van der Waals surface area contributed by atoms with Gasteiger partial charge < -0.3 is 9.64 Å². The molecule has 2 heterocycles. The number of hydrogen-bond acceptors (Lipinski definition) is 5. The molecule has 0 radical (unpaired) electrons. The molecule has 2 aliphatic rings. The molecule has 0 spiro atoms. The van der Waals surface area contributed by atoms with Crippen LogP contribution in [0.3, 0.4) is 0 Å². The Morgan fingerprint density at radius 2 is 2.00 bits per heavy atom. The van der Waals surface area contributed by atoms with E-state index in [-0.39, 0.29) is 19.0 Å². The zero-order valence-electron chi connectivity index (χ0n) is 13.4. The summed E-state index contributed by atoms with van der Waals surface area (Å²) >= 11 is 0. The van der Waals surface area contributed by atoms with Gasteiger partial charge in [0.1, 0.15) is 12.6 Å². The molecule has 2 rings (SSSR count). The van der Waals surface area contributed by atoms with Crippen molar-refractivity contribution in [2.24, 2.45) is 0 Å². The minimum absolute atomic E-state index is 0.184. The summed E-state index contributed by atoms with van der Waals surface area (Å²) in [6.07, 6.45) is 2.15. The van der Waals surface area contributed by atoms with Gasteiger partial charge in [0.25, 0.3) is 11.8 Å². The summed E-state index contributed by atoms with van der Waals surface area (Å²) in [6.45, 7) is 3.68. The molecule has 0 aromatic rings. The Labute approximate surface area is 131 Å². The largest absolute Gasteiger partial charge is 0.372 e. The van der Waals surface area contributed by atoms with Crippen LogP contribution in [0.25, 0.3) is 0 Å². The summed E-state index contributed by atoms with van der Waals surface area (Å²) in [7, 11) is -2.17. The number of ether oxygens (including phenoxy) is 1. The van der Waals surface area contributed by atoms with E-state index in [1.54, 1.807) is 13.8 Å². The second kappa shape index (κ2) is 6.16. The van der Waals surface area contributed by atoms with E-state index < -0.39 is 26.8 Å². The summed E-state index contributed by atoms with van der Waals surface area (Å²) in [5.74, 6) is -0.764. The summed E-state index contributed by atoms with van der Waals surface area (Å²) in [5, 5.41) is 0. The highest BCUT2D eigenvalue weighted by molar-refractivity contribution is 7.91. The maximum atomic E-state index is 12.4. The molecular formula is C14H24N2O5S. The van der Waals surface area contributed by atoms with Crippen molar-refractivity contribution in [2.45, 2.75) is 50.4 Å². The first kappa shape index (κ1) is 17.2. The highest BCUT2D eigenvalue weighted by Gasteiger charge is 2.48. The van der Waals surface area contributed by atoms with E-state index in [0.29, 0.717) is 19.4 Å². The minimum atomic E-state index is -3.65. The van der Waals surface area contributed by atoms with E-state index in [9.17, 15) is 18.0 Å². The first-order valence-electron chi connectivity index (χ1n) is 7.57. The summed E-state index contributed by atoms with van der Waals surface area (Å²) in [4.78, 5) is 26.1. The zero-order valence-corrected chi connectivity index (χ0v) is 14.2. The summed E-state index contributed by atoms with van der Waals surface area (Å²) < 4.78 is 29.8. The highest BCUT2D eigenvalue weighted by atomic mass is 32.2. The van der Waals surface area contributed by atoms with Gasteiger partial charge in [0.05, 0.1) is 4.75 Å². The molecule has 1 atom stereocenters. The molecule has 2 saturated heterocycles. The van der Waals surface area contributed by atoms with Gasteiger partial charge >= 0.3 is 0 Å². The number of methoxy groups -OCH3 is 1. The Kier molecular flexibility index (Phi) is 4.81. The predicted molar refractivity (Wildman–Crippen MR) is 80.6 cm³/mol. The third-order valence-corrected chi connectivity index (χ3v) is 7.09. The Hall–Kier alpha value is -1.15. The van der Waals surface area contributed by atoms with Crippen LogP contribution >= 0.6 is 0 Å². The van der Waals surface area contributed by atoms with Gasteiger partial charge in [-0.15, -0.1) is 0 Å². The van der Waals surface area contributed by atoms with Crippen LogP contribution in [-0.2, 0) is 24.3 Å². The van der Waals surface area contributed by atoms with E-state index in [1.807, 2.05) is 0 Å². The summed E-state index contributed by atoms with van der Waals surface area (Å²) in [5.41, 5.74) is 0. The van der Waals surface area contributed by atoms with Crippen LogP contribution < -0.4 is 0 Å². The minimum Gasteiger partial charge on any atom is -0.372 e. The van der Waals surface area contributed by atoms with E-state index in [0.717, 1.165) is 17.1 Å². The Balaban J connectivity index is 2.10. The fraction of sp³-hybridized carbons (Fsp3) is 0.857. The van der Waals surface area contributed by atoms with Crippen molar-refractivity contribution in [3.8, 4) is 0 Å². The lowest BCUT2D eigenvalue weighted by molar-refractivity contribution is -0.145. The molecule has 0 aromatic heterocycles. The van der Waals surface area contributed by atoms with E-state index in [1.165, 1.54) is 12.0 Å². The third kappa shape index (κ3) is 2.99. The van der Waals surface area contributed by atoms with Crippen molar-refractivity contribution in [2.75, 3.05) is 26.7 Å². The van der Waals surface area contributed by atoms with Crippen LogP contribution in [0.15, 0.2) is 0 Å². The van der Waals surface area contributed by atoms with Crippen molar-refractivity contribution in [3.63, 3.8) is 0 Å². The lowest BCUT2D eigenvalue weighted by Crippen LogP contribution is -2.47. The molecule has 0 N–H and O–H groups in total. The molecule has 0 aliphatic carbocycles. The Bertz CT molecular complexity index is 558. The van der Waals surface area contributed by atoms with Gasteiger partial charge in [-0.05, 0) is 39.5 Å². The molecule has 0 bridgehead atoms.